The van der Waals surface area contributed by atoms with E-state index in [2.05, 4.69) is 20.2 Å². The summed E-state index contributed by atoms with van der Waals surface area (Å²) >= 11 is 12.6. The average Bonchev–Trinajstić information content (AvgIpc) is 2.69. The highest BCUT2D eigenvalue weighted by molar-refractivity contribution is 6.44. The SMILES string of the molecule is COc1ncc(Oc2c(Cl)cc(NN=C(C#N)C(=O)OC(N)=O)cc2Cl)cc1C1CCC1. The first-order valence-electron chi connectivity index (χ1n) is 9.28. The van der Waals surface area contributed by atoms with E-state index < -0.39 is 17.8 Å². The van der Waals surface area contributed by atoms with Gasteiger partial charge in [-0.1, -0.05) is 29.6 Å². The van der Waals surface area contributed by atoms with Crippen LogP contribution >= 0.6 is 23.2 Å². The standard InChI is InChI=1S/C20H17Cl2N5O5/c1-30-18-13(10-3-2-4-10)7-12(9-25-18)31-17-14(21)5-11(6-15(17)22)26-27-16(8-23)19(28)32-20(24)29/h5-7,9-10,26H,2-4H2,1H3,(H2,24,29). The number of methoxy groups -OCH3 is 1. The number of amides is 1. The quantitative estimate of drug-likeness (QED) is 0.258. The number of ether oxygens (including phenoxy) is 3. The van der Waals surface area contributed by atoms with Crippen LogP contribution in [0.1, 0.15) is 30.7 Å². The number of anilines is 1. The van der Waals surface area contributed by atoms with Crippen molar-refractivity contribution in [2.24, 2.45) is 10.8 Å². The molecule has 1 amide bonds. The number of nitrogens with zero attached hydrogens (tertiary/aromatic N) is 3. The predicted octanol–water partition coefficient (Wildman–Crippen LogP) is 4.37. The fraction of sp³-hybridized carbons (Fsp3) is 0.250. The Labute approximate surface area is 192 Å². The summed E-state index contributed by atoms with van der Waals surface area (Å²) in [5.41, 5.74) is 7.65. The Morgan fingerprint density at radius 1 is 1.28 bits per heavy atom. The Morgan fingerprint density at radius 3 is 2.50 bits per heavy atom. The molecule has 0 spiro atoms. The van der Waals surface area contributed by atoms with Crippen LogP contribution in [0.3, 0.4) is 0 Å². The molecule has 10 nitrogen and oxygen atoms in total. The number of benzene rings is 1. The molecular weight excluding hydrogens is 461 g/mol. The molecule has 32 heavy (non-hydrogen) atoms. The zero-order valence-electron chi connectivity index (χ0n) is 16.7. The van der Waals surface area contributed by atoms with Crippen LogP contribution in [0.15, 0.2) is 29.5 Å². The number of hydrogen-bond acceptors (Lipinski definition) is 9. The first-order chi connectivity index (χ1) is 15.3. The maximum Gasteiger partial charge on any atom is 0.412 e. The lowest BCUT2D eigenvalue weighted by molar-refractivity contribution is -0.129. The third-order valence-corrected chi connectivity index (χ3v) is 5.16. The Kier molecular flexibility index (Phi) is 7.35. The van der Waals surface area contributed by atoms with Crippen molar-refractivity contribution in [3.05, 3.63) is 40.0 Å². The minimum Gasteiger partial charge on any atom is -0.481 e. The summed E-state index contributed by atoms with van der Waals surface area (Å²) in [6.07, 6.45) is 3.41. The number of nitrogens with two attached hydrogens (primary N) is 1. The second kappa shape index (κ2) is 10.2. The second-order valence-corrected chi connectivity index (χ2v) is 7.48. The summed E-state index contributed by atoms with van der Waals surface area (Å²) in [5.74, 6) is 0.241. The molecule has 3 rings (SSSR count). The molecular formula is C20H17Cl2N5O5. The molecule has 0 atom stereocenters. The second-order valence-electron chi connectivity index (χ2n) is 6.66. The van der Waals surface area contributed by atoms with Gasteiger partial charge in [-0.05, 0) is 37.0 Å². The Hall–Kier alpha value is -3.55. The van der Waals surface area contributed by atoms with Gasteiger partial charge < -0.3 is 19.9 Å². The normalized spacial score (nSPS) is 13.5. The highest BCUT2D eigenvalue weighted by Gasteiger charge is 2.25. The van der Waals surface area contributed by atoms with Crippen LogP contribution in [0.25, 0.3) is 0 Å². The lowest BCUT2D eigenvalue weighted by Crippen LogP contribution is -2.24. The van der Waals surface area contributed by atoms with Crippen molar-refractivity contribution in [3.8, 4) is 23.4 Å². The van der Waals surface area contributed by atoms with Gasteiger partial charge in [-0.3, -0.25) is 5.43 Å². The van der Waals surface area contributed by atoms with Crippen LogP contribution < -0.4 is 20.6 Å². The number of nitrogens with one attached hydrogen (secondary N) is 1. The zero-order chi connectivity index (χ0) is 23.3. The summed E-state index contributed by atoms with van der Waals surface area (Å²) in [7, 11) is 1.57. The first kappa shape index (κ1) is 23.1. The van der Waals surface area contributed by atoms with Gasteiger partial charge in [-0.15, -0.1) is 0 Å². The molecule has 1 aromatic carbocycles. The number of hydrogen-bond donors (Lipinski definition) is 2. The van der Waals surface area contributed by atoms with E-state index in [0.717, 1.165) is 24.8 Å². The van der Waals surface area contributed by atoms with Crippen molar-refractivity contribution in [2.75, 3.05) is 12.5 Å². The number of nitriles is 1. The predicted molar refractivity (Wildman–Crippen MR) is 116 cm³/mol. The molecule has 0 unspecified atom stereocenters. The topological polar surface area (TPSA) is 149 Å². The summed E-state index contributed by atoms with van der Waals surface area (Å²) in [5, 5.41) is 12.8. The van der Waals surface area contributed by atoms with E-state index in [0.29, 0.717) is 17.5 Å². The lowest BCUT2D eigenvalue weighted by Gasteiger charge is -2.27. The van der Waals surface area contributed by atoms with Crippen LogP contribution in [-0.2, 0) is 9.53 Å². The molecule has 0 bridgehead atoms. The molecule has 1 fully saturated rings. The molecule has 0 aliphatic heterocycles. The summed E-state index contributed by atoms with van der Waals surface area (Å²) in [6, 6.07) is 6.17. The molecule has 166 valence electrons. The van der Waals surface area contributed by atoms with Gasteiger partial charge in [-0.25, -0.2) is 14.6 Å². The summed E-state index contributed by atoms with van der Waals surface area (Å²) in [4.78, 5) is 26.5. The van der Waals surface area contributed by atoms with Gasteiger partial charge in [0, 0.05) is 5.56 Å². The monoisotopic (exact) mass is 477 g/mol. The van der Waals surface area contributed by atoms with Crippen LogP contribution in [0.4, 0.5) is 10.5 Å². The van der Waals surface area contributed by atoms with Crippen LogP contribution in [-0.4, -0.2) is 29.9 Å². The summed E-state index contributed by atoms with van der Waals surface area (Å²) < 4.78 is 15.3. The maximum atomic E-state index is 11.5. The van der Waals surface area contributed by atoms with Gasteiger partial charge in [-0.2, -0.15) is 10.4 Å². The van der Waals surface area contributed by atoms with Gasteiger partial charge >= 0.3 is 12.1 Å². The summed E-state index contributed by atoms with van der Waals surface area (Å²) in [6.45, 7) is 0. The number of rotatable bonds is 7. The molecule has 2 aromatic rings. The molecule has 1 aliphatic carbocycles. The number of hydrazone groups is 1. The highest BCUT2D eigenvalue weighted by atomic mass is 35.5. The molecule has 1 saturated carbocycles. The van der Waals surface area contributed by atoms with Crippen molar-refractivity contribution < 1.29 is 23.8 Å². The van der Waals surface area contributed by atoms with E-state index in [9.17, 15) is 9.59 Å². The van der Waals surface area contributed by atoms with E-state index in [1.54, 1.807) is 7.11 Å². The van der Waals surface area contributed by atoms with Crippen molar-refractivity contribution in [2.45, 2.75) is 25.2 Å². The third kappa shape index (κ3) is 5.38. The van der Waals surface area contributed by atoms with E-state index >= 15 is 0 Å². The number of primary amides is 1. The largest absolute Gasteiger partial charge is 0.481 e. The van der Waals surface area contributed by atoms with Gasteiger partial charge in [0.25, 0.3) is 0 Å². The van der Waals surface area contributed by atoms with Crippen molar-refractivity contribution >= 4 is 46.7 Å². The van der Waals surface area contributed by atoms with Crippen LogP contribution in [0.2, 0.25) is 10.0 Å². The minimum atomic E-state index is -1.36. The van der Waals surface area contributed by atoms with Gasteiger partial charge in [0.2, 0.25) is 11.6 Å². The number of aromatic nitrogens is 1. The van der Waals surface area contributed by atoms with Crippen molar-refractivity contribution in [3.63, 3.8) is 0 Å². The Morgan fingerprint density at radius 2 is 1.97 bits per heavy atom. The zero-order valence-corrected chi connectivity index (χ0v) is 18.2. The third-order valence-electron chi connectivity index (χ3n) is 4.60. The molecule has 0 radical (unpaired) electrons. The van der Waals surface area contributed by atoms with E-state index in [4.69, 9.17) is 43.7 Å². The van der Waals surface area contributed by atoms with Crippen molar-refractivity contribution in [1.82, 2.24) is 4.98 Å². The molecule has 1 aliphatic rings. The number of esters is 1. The van der Waals surface area contributed by atoms with Crippen LogP contribution in [0, 0.1) is 11.3 Å². The maximum absolute atomic E-state index is 11.5. The highest BCUT2D eigenvalue weighted by Crippen LogP contribution is 2.43. The number of halogens is 2. The fourth-order valence-electron chi connectivity index (χ4n) is 2.90. The number of carbonyl (C=O) groups is 2. The van der Waals surface area contributed by atoms with E-state index in [-0.39, 0.29) is 21.5 Å². The molecule has 1 aromatic heterocycles. The first-order valence-corrected chi connectivity index (χ1v) is 10.0. The molecule has 0 saturated heterocycles. The average molecular weight is 478 g/mol. The van der Waals surface area contributed by atoms with E-state index in [1.807, 2.05) is 6.07 Å². The smallest absolute Gasteiger partial charge is 0.412 e. The van der Waals surface area contributed by atoms with Crippen molar-refractivity contribution in [1.29, 1.82) is 5.26 Å². The lowest BCUT2D eigenvalue weighted by atomic mass is 9.80. The van der Waals surface area contributed by atoms with Crippen LogP contribution in [0.5, 0.6) is 17.4 Å². The Balaban J connectivity index is 1.79. The minimum absolute atomic E-state index is 0.134. The van der Waals surface area contributed by atoms with Gasteiger partial charge in [0.05, 0.1) is 29.0 Å². The number of carbonyl (C=O) groups excluding carboxylic acids is 2. The fourth-order valence-corrected chi connectivity index (χ4v) is 3.47. The molecule has 1 heterocycles. The number of pyridine rings is 1. The molecule has 3 N–H and O–H groups in total. The van der Waals surface area contributed by atoms with Gasteiger partial charge in [0.1, 0.15) is 11.8 Å². The van der Waals surface area contributed by atoms with Gasteiger partial charge in [0.15, 0.2) is 5.75 Å². The molecule has 12 heteroatoms. The Bertz CT molecular complexity index is 1100. The van der Waals surface area contributed by atoms with E-state index in [1.165, 1.54) is 24.4 Å².